The Morgan fingerprint density at radius 1 is 1.15 bits per heavy atom. The molecule has 0 aliphatic heterocycles. The Labute approximate surface area is 116 Å². The molecule has 2 aromatic heterocycles. The van der Waals surface area contributed by atoms with Crippen LogP contribution in [0.5, 0.6) is 0 Å². The van der Waals surface area contributed by atoms with E-state index in [0.29, 0.717) is 12.3 Å². The van der Waals surface area contributed by atoms with E-state index in [4.69, 9.17) is 4.74 Å². The number of benzene rings is 1. The Hall–Kier alpha value is -2.62. The van der Waals surface area contributed by atoms with Crippen molar-refractivity contribution in [1.29, 1.82) is 0 Å². The number of rotatable bonds is 3. The van der Waals surface area contributed by atoms with Crippen LogP contribution in [0.1, 0.15) is 17.4 Å². The molecule has 4 heteroatoms. The molecule has 0 unspecified atom stereocenters. The lowest BCUT2D eigenvalue weighted by atomic mass is 10.1. The highest BCUT2D eigenvalue weighted by molar-refractivity contribution is 5.95. The van der Waals surface area contributed by atoms with Gasteiger partial charge in [0.2, 0.25) is 0 Å². The monoisotopic (exact) mass is 266 g/mol. The van der Waals surface area contributed by atoms with Crippen molar-refractivity contribution in [3.63, 3.8) is 0 Å². The minimum Gasteiger partial charge on any atom is -0.461 e. The van der Waals surface area contributed by atoms with E-state index >= 15 is 0 Å². The number of hydrogen-bond acceptors (Lipinski definition) is 3. The average molecular weight is 266 g/mol. The second kappa shape index (κ2) is 5.17. The van der Waals surface area contributed by atoms with Gasteiger partial charge in [-0.3, -0.25) is 4.40 Å². The highest BCUT2D eigenvalue weighted by Gasteiger charge is 2.20. The van der Waals surface area contributed by atoms with Gasteiger partial charge in [-0.15, -0.1) is 0 Å². The van der Waals surface area contributed by atoms with Gasteiger partial charge >= 0.3 is 5.97 Å². The molecule has 100 valence electrons. The third-order valence-corrected chi connectivity index (χ3v) is 3.05. The van der Waals surface area contributed by atoms with E-state index in [-0.39, 0.29) is 0 Å². The summed E-state index contributed by atoms with van der Waals surface area (Å²) in [4.78, 5) is 16.5. The molecule has 0 aliphatic rings. The Morgan fingerprint density at radius 2 is 1.90 bits per heavy atom. The number of fused-ring (bicyclic) bond motifs is 1. The van der Waals surface area contributed by atoms with Crippen LogP contribution in [0.15, 0.2) is 54.7 Å². The van der Waals surface area contributed by atoms with Gasteiger partial charge in [-0.2, -0.15) is 0 Å². The van der Waals surface area contributed by atoms with Crippen LogP contribution in [0.3, 0.4) is 0 Å². The molecule has 0 spiro atoms. The Morgan fingerprint density at radius 3 is 2.65 bits per heavy atom. The van der Waals surface area contributed by atoms with Gasteiger partial charge in [-0.05, 0) is 19.1 Å². The zero-order valence-electron chi connectivity index (χ0n) is 11.1. The number of nitrogens with zero attached hydrogens (tertiary/aromatic N) is 2. The van der Waals surface area contributed by atoms with Crippen LogP contribution in [0.4, 0.5) is 0 Å². The molecule has 0 N–H and O–H groups in total. The van der Waals surface area contributed by atoms with Crippen LogP contribution in [-0.4, -0.2) is 22.0 Å². The van der Waals surface area contributed by atoms with Crippen LogP contribution >= 0.6 is 0 Å². The SMILES string of the molecule is CCOC(=O)c1nc2ccccn2c1-c1ccccc1. The van der Waals surface area contributed by atoms with Crippen LogP contribution in [0.2, 0.25) is 0 Å². The Bertz CT molecular complexity index is 748. The number of esters is 1. The molecule has 0 saturated heterocycles. The summed E-state index contributed by atoms with van der Waals surface area (Å²) in [5.41, 5.74) is 2.78. The molecule has 0 fully saturated rings. The zero-order chi connectivity index (χ0) is 13.9. The molecule has 3 rings (SSSR count). The van der Waals surface area contributed by atoms with E-state index in [1.54, 1.807) is 6.92 Å². The lowest BCUT2D eigenvalue weighted by Gasteiger charge is -2.04. The number of ether oxygens (including phenoxy) is 1. The summed E-state index contributed by atoms with van der Waals surface area (Å²) < 4.78 is 7.01. The number of imidazole rings is 1. The highest BCUT2D eigenvalue weighted by atomic mass is 16.5. The first-order valence-electron chi connectivity index (χ1n) is 6.51. The molecular weight excluding hydrogens is 252 g/mol. The molecule has 0 atom stereocenters. The van der Waals surface area contributed by atoms with Crippen LogP contribution in [0.25, 0.3) is 16.9 Å². The van der Waals surface area contributed by atoms with Crippen molar-refractivity contribution in [1.82, 2.24) is 9.38 Å². The molecule has 2 heterocycles. The van der Waals surface area contributed by atoms with Gasteiger partial charge in [0, 0.05) is 11.8 Å². The summed E-state index contributed by atoms with van der Waals surface area (Å²) in [5, 5.41) is 0. The second-order valence-electron chi connectivity index (χ2n) is 4.32. The van der Waals surface area contributed by atoms with Gasteiger partial charge in [0.1, 0.15) is 5.65 Å². The van der Waals surface area contributed by atoms with Crippen LogP contribution < -0.4 is 0 Å². The third-order valence-electron chi connectivity index (χ3n) is 3.05. The van der Waals surface area contributed by atoms with E-state index in [0.717, 1.165) is 16.9 Å². The maximum atomic E-state index is 12.1. The van der Waals surface area contributed by atoms with Crippen LogP contribution in [0, 0.1) is 0 Å². The molecule has 0 amide bonds. The number of aromatic nitrogens is 2. The van der Waals surface area contributed by atoms with Crippen molar-refractivity contribution in [2.75, 3.05) is 6.61 Å². The maximum absolute atomic E-state index is 12.1. The van der Waals surface area contributed by atoms with Gasteiger partial charge in [0.15, 0.2) is 5.69 Å². The fourth-order valence-corrected chi connectivity index (χ4v) is 2.21. The standard InChI is InChI=1S/C16H14N2O2/c1-2-20-16(19)14-15(12-8-4-3-5-9-12)18-11-7-6-10-13(18)17-14/h3-11H,2H2,1H3. The van der Waals surface area contributed by atoms with Gasteiger partial charge in [0.05, 0.1) is 12.3 Å². The van der Waals surface area contributed by atoms with Crippen molar-refractivity contribution in [3.8, 4) is 11.3 Å². The average Bonchev–Trinajstić information content (AvgIpc) is 2.88. The summed E-state index contributed by atoms with van der Waals surface area (Å²) in [5.74, 6) is -0.393. The highest BCUT2D eigenvalue weighted by Crippen LogP contribution is 2.25. The summed E-state index contributed by atoms with van der Waals surface area (Å²) >= 11 is 0. The number of carbonyl (C=O) groups excluding carboxylic acids is 1. The fraction of sp³-hybridized carbons (Fsp3) is 0.125. The van der Waals surface area contributed by atoms with Crippen molar-refractivity contribution in [3.05, 3.63) is 60.4 Å². The van der Waals surface area contributed by atoms with Crippen LogP contribution in [-0.2, 0) is 4.74 Å². The van der Waals surface area contributed by atoms with Gasteiger partial charge in [-0.25, -0.2) is 9.78 Å². The Balaban J connectivity index is 2.26. The Kier molecular flexibility index (Phi) is 3.21. The quantitative estimate of drug-likeness (QED) is 0.684. The first-order valence-corrected chi connectivity index (χ1v) is 6.51. The summed E-state index contributed by atoms with van der Waals surface area (Å²) in [7, 11) is 0. The molecule has 4 nitrogen and oxygen atoms in total. The number of hydrogen-bond donors (Lipinski definition) is 0. The number of carbonyl (C=O) groups is 1. The van der Waals surface area contributed by atoms with Gasteiger partial charge in [-0.1, -0.05) is 36.4 Å². The maximum Gasteiger partial charge on any atom is 0.359 e. The largest absolute Gasteiger partial charge is 0.461 e. The van der Waals surface area contributed by atoms with Gasteiger partial charge in [0.25, 0.3) is 0 Å². The number of pyridine rings is 1. The smallest absolute Gasteiger partial charge is 0.359 e. The molecular formula is C16H14N2O2. The van der Waals surface area contributed by atoms with Crippen molar-refractivity contribution in [2.45, 2.75) is 6.92 Å². The molecule has 0 bridgehead atoms. The predicted octanol–water partition coefficient (Wildman–Crippen LogP) is 3.18. The topological polar surface area (TPSA) is 43.6 Å². The normalized spacial score (nSPS) is 10.7. The summed E-state index contributed by atoms with van der Waals surface area (Å²) in [6, 6.07) is 15.4. The minimum absolute atomic E-state index is 0.334. The van der Waals surface area contributed by atoms with Crippen molar-refractivity contribution >= 4 is 11.6 Å². The molecule has 3 aromatic rings. The van der Waals surface area contributed by atoms with Crippen molar-refractivity contribution < 1.29 is 9.53 Å². The first-order chi connectivity index (χ1) is 9.81. The molecule has 0 saturated carbocycles. The fourth-order valence-electron chi connectivity index (χ4n) is 2.21. The van der Waals surface area contributed by atoms with E-state index in [1.807, 2.05) is 59.1 Å². The molecule has 20 heavy (non-hydrogen) atoms. The lowest BCUT2D eigenvalue weighted by Crippen LogP contribution is -2.07. The zero-order valence-corrected chi connectivity index (χ0v) is 11.1. The summed E-state index contributed by atoms with van der Waals surface area (Å²) in [6.45, 7) is 2.12. The van der Waals surface area contributed by atoms with Crippen molar-refractivity contribution in [2.24, 2.45) is 0 Å². The molecule has 0 radical (unpaired) electrons. The van der Waals surface area contributed by atoms with Gasteiger partial charge < -0.3 is 4.74 Å². The first kappa shape index (κ1) is 12.4. The second-order valence-corrected chi connectivity index (χ2v) is 4.32. The molecule has 1 aromatic carbocycles. The third kappa shape index (κ3) is 2.05. The summed E-state index contributed by atoms with van der Waals surface area (Å²) in [6.07, 6.45) is 1.90. The molecule has 0 aliphatic carbocycles. The lowest BCUT2D eigenvalue weighted by molar-refractivity contribution is 0.0521. The van der Waals surface area contributed by atoms with E-state index in [1.165, 1.54) is 0 Å². The van der Waals surface area contributed by atoms with E-state index in [2.05, 4.69) is 4.98 Å². The van der Waals surface area contributed by atoms with E-state index in [9.17, 15) is 4.79 Å². The predicted molar refractivity (Wildman–Crippen MR) is 76.6 cm³/mol. The minimum atomic E-state index is -0.393. The van der Waals surface area contributed by atoms with E-state index < -0.39 is 5.97 Å².